The Bertz CT molecular complexity index is 1070. The third kappa shape index (κ3) is 8.99. The largest absolute Gasteiger partial charge is 0.505 e. The summed E-state index contributed by atoms with van der Waals surface area (Å²) in [4.78, 5) is 25.8. The number of hydrogen-bond acceptors (Lipinski definition) is 4. The van der Waals surface area contributed by atoms with E-state index in [0.29, 0.717) is 0 Å². The monoisotopic (exact) mass is 547 g/mol. The summed E-state index contributed by atoms with van der Waals surface area (Å²) >= 11 is 0. The van der Waals surface area contributed by atoms with E-state index in [2.05, 4.69) is 35.1 Å². The van der Waals surface area contributed by atoms with Crippen molar-refractivity contribution in [1.82, 2.24) is 0 Å². The molecule has 0 radical (unpaired) electrons. The molecule has 2 aromatic carbocycles. The van der Waals surface area contributed by atoms with Gasteiger partial charge in [0.05, 0.1) is 25.3 Å². The minimum atomic E-state index is -0.478. The number of nitrogens with zero attached hydrogens (tertiary/aromatic N) is 1. The molecule has 0 aliphatic heterocycles. The maximum absolute atomic E-state index is 13.3. The summed E-state index contributed by atoms with van der Waals surface area (Å²) in [6.45, 7) is 5.64. The fourth-order valence-corrected chi connectivity index (χ4v) is 5.40. The maximum atomic E-state index is 13.3. The molecule has 2 aliphatic rings. The highest BCUT2D eigenvalue weighted by Crippen LogP contribution is 2.43. The number of para-hydroxylation sites is 1. The standard InChI is InChI=1S/C22H29NO2.C9H11NO.C3H6O/c1-2-17-16-20(19(17)12-15-23)25-21(24)22(13-8-3-4-9-14-22)18-10-6-5-7-11-18;1-8(11)10(2)9-6-4-3-5-7-9;1-3-4-2/h1,5-7,10-11,17,19-20H,3-4,8-9,12-16,23H2;3-7H,1-2H3;3H,1H2,2H3/p+1. The van der Waals surface area contributed by atoms with Crippen LogP contribution < -0.4 is 10.6 Å². The number of quaternary nitrogens is 1. The Hall–Kier alpha value is -3.56. The first-order valence-corrected chi connectivity index (χ1v) is 14.3. The van der Waals surface area contributed by atoms with Crippen LogP contribution in [0.1, 0.15) is 63.9 Å². The molecule has 6 nitrogen and oxygen atoms in total. The predicted molar refractivity (Wildman–Crippen MR) is 161 cm³/mol. The van der Waals surface area contributed by atoms with Gasteiger partial charge in [-0.2, -0.15) is 0 Å². The number of amides is 1. The van der Waals surface area contributed by atoms with E-state index in [0.717, 1.165) is 56.3 Å². The van der Waals surface area contributed by atoms with Crippen molar-refractivity contribution in [3.05, 3.63) is 79.1 Å². The third-order valence-electron chi connectivity index (χ3n) is 7.95. The second kappa shape index (κ2) is 17.2. The van der Waals surface area contributed by atoms with Gasteiger partial charge in [0.1, 0.15) is 6.10 Å². The van der Waals surface area contributed by atoms with E-state index in [-0.39, 0.29) is 29.8 Å². The van der Waals surface area contributed by atoms with Crippen LogP contribution in [0.2, 0.25) is 0 Å². The second-order valence-electron chi connectivity index (χ2n) is 10.4. The Labute approximate surface area is 240 Å². The van der Waals surface area contributed by atoms with E-state index in [1.807, 2.05) is 48.5 Å². The maximum Gasteiger partial charge on any atom is 0.316 e. The lowest BCUT2D eigenvalue weighted by molar-refractivity contribution is -0.372. The number of ether oxygens (including phenoxy) is 2. The van der Waals surface area contributed by atoms with Gasteiger partial charge in [-0.05, 0) is 37.0 Å². The molecule has 0 aromatic heterocycles. The van der Waals surface area contributed by atoms with Gasteiger partial charge >= 0.3 is 5.97 Å². The smallest absolute Gasteiger partial charge is 0.316 e. The van der Waals surface area contributed by atoms with Gasteiger partial charge in [0.2, 0.25) is 5.91 Å². The lowest BCUT2D eigenvalue weighted by atomic mass is 9.69. The van der Waals surface area contributed by atoms with Gasteiger partial charge in [-0.3, -0.25) is 9.59 Å². The van der Waals surface area contributed by atoms with Crippen molar-refractivity contribution in [2.24, 2.45) is 11.8 Å². The Morgan fingerprint density at radius 1 is 1.07 bits per heavy atom. The van der Waals surface area contributed by atoms with Crippen molar-refractivity contribution in [3.8, 4) is 12.3 Å². The van der Waals surface area contributed by atoms with Gasteiger partial charge in [0, 0.05) is 37.9 Å². The molecule has 0 bridgehead atoms. The summed E-state index contributed by atoms with van der Waals surface area (Å²) < 4.78 is 10.4. The van der Waals surface area contributed by atoms with Crippen molar-refractivity contribution < 1.29 is 24.8 Å². The zero-order valence-electron chi connectivity index (χ0n) is 24.5. The van der Waals surface area contributed by atoms with Crippen molar-refractivity contribution in [2.75, 3.05) is 25.6 Å². The highest BCUT2D eigenvalue weighted by molar-refractivity contribution is 5.90. The Kier molecular flexibility index (Phi) is 14.0. The summed E-state index contributed by atoms with van der Waals surface area (Å²) in [5, 5.41) is 0. The van der Waals surface area contributed by atoms with E-state index in [1.54, 1.807) is 26.0 Å². The first-order valence-electron chi connectivity index (χ1n) is 14.3. The Balaban J connectivity index is 0.000000309. The number of anilines is 1. The fraction of sp³-hybridized carbons (Fsp3) is 0.471. The van der Waals surface area contributed by atoms with Crippen molar-refractivity contribution >= 4 is 17.6 Å². The molecular formula is C34H47N2O4+. The molecule has 2 saturated carbocycles. The third-order valence-corrected chi connectivity index (χ3v) is 7.95. The molecular weight excluding hydrogens is 500 g/mol. The average molecular weight is 548 g/mol. The van der Waals surface area contributed by atoms with E-state index in [4.69, 9.17) is 11.2 Å². The summed E-state index contributed by atoms with van der Waals surface area (Å²) in [7, 11) is 3.32. The van der Waals surface area contributed by atoms with Crippen LogP contribution in [-0.2, 0) is 24.5 Å². The van der Waals surface area contributed by atoms with Crippen molar-refractivity contribution in [2.45, 2.75) is 69.8 Å². The lowest BCUT2D eigenvalue weighted by Crippen LogP contribution is -2.55. The normalized spacial score (nSPS) is 20.7. The number of esters is 1. The van der Waals surface area contributed by atoms with Gasteiger partial charge in [-0.15, -0.1) is 12.3 Å². The van der Waals surface area contributed by atoms with Crippen LogP contribution in [0.15, 0.2) is 73.5 Å². The van der Waals surface area contributed by atoms with Crippen LogP contribution in [-0.4, -0.2) is 38.7 Å². The van der Waals surface area contributed by atoms with E-state index < -0.39 is 5.41 Å². The summed E-state index contributed by atoms with van der Waals surface area (Å²) in [6, 6.07) is 19.8. The molecule has 6 heteroatoms. The molecule has 2 aliphatic carbocycles. The first-order chi connectivity index (χ1) is 19.3. The van der Waals surface area contributed by atoms with Crippen molar-refractivity contribution in [3.63, 3.8) is 0 Å². The molecule has 0 saturated heterocycles. The minimum absolute atomic E-state index is 0.0286. The Morgan fingerprint density at radius 3 is 2.10 bits per heavy atom. The van der Waals surface area contributed by atoms with E-state index in [1.165, 1.54) is 19.1 Å². The second-order valence-corrected chi connectivity index (χ2v) is 10.4. The fourth-order valence-electron chi connectivity index (χ4n) is 5.40. The molecule has 0 spiro atoms. The van der Waals surface area contributed by atoms with Gasteiger partial charge in [-0.25, -0.2) is 0 Å². The van der Waals surface area contributed by atoms with Crippen LogP contribution in [0.4, 0.5) is 5.69 Å². The number of carbonyl (C=O) groups is 2. The quantitative estimate of drug-likeness (QED) is 0.214. The minimum Gasteiger partial charge on any atom is -0.505 e. The van der Waals surface area contributed by atoms with Crippen LogP contribution in [0, 0.1) is 24.2 Å². The summed E-state index contributed by atoms with van der Waals surface area (Å²) in [5.74, 6) is 3.39. The topological polar surface area (TPSA) is 83.5 Å². The molecule has 2 aromatic rings. The molecule has 1 amide bonds. The summed E-state index contributed by atoms with van der Waals surface area (Å²) in [6.07, 6.45) is 15.1. The average Bonchev–Trinajstić information content (AvgIpc) is 3.26. The molecule has 4 rings (SSSR count). The van der Waals surface area contributed by atoms with Gasteiger partial charge < -0.3 is 20.1 Å². The molecule has 0 heterocycles. The highest BCUT2D eigenvalue weighted by atomic mass is 16.5. The van der Waals surface area contributed by atoms with E-state index >= 15 is 0 Å². The molecule has 2 fully saturated rings. The molecule has 216 valence electrons. The number of terminal acetylenes is 1. The van der Waals surface area contributed by atoms with Gasteiger partial charge in [0.25, 0.3) is 0 Å². The predicted octanol–water partition coefficient (Wildman–Crippen LogP) is 5.54. The van der Waals surface area contributed by atoms with E-state index in [9.17, 15) is 9.59 Å². The molecule has 3 N–H and O–H groups in total. The number of carbonyl (C=O) groups excluding carboxylic acids is 2. The first kappa shape index (κ1) is 32.7. The van der Waals surface area contributed by atoms with Crippen LogP contribution in [0.5, 0.6) is 0 Å². The number of hydrogen-bond donors (Lipinski definition) is 1. The van der Waals surface area contributed by atoms with Crippen LogP contribution >= 0.6 is 0 Å². The molecule has 3 atom stereocenters. The Morgan fingerprint density at radius 2 is 1.62 bits per heavy atom. The highest BCUT2D eigenvalue weighted by Gasteiger charge is 2.47. The van der Waals surface area contributed by atoms with Crippen LogP contribution in [0.25, 0.3) is 0 Å². The SMILES string of the molecule is C#CC1CC(OC(=O)C2(c3ccccc3)CCCCCC2)C1CC[NH3+].C=COC.CC(=O)N(C)c1ccccc1. The number of rotatable bonds is 7. The van der Waals surface area contributed by atoms with Gasteiger partial charge in [0.15, 0.2) is 0 Å². The van der Waals surface area contributed by atoms with Gasteiger partial charge in [-0.1, -0.05) is 80.8 Å². The summed E-state index contributed by atoms with van der Waals surface area (Å²) in [5.41, 5.74) is 5.51. The zero-order valence-corrected chi connectivity index (χ0v) is 24.5. The lowest BCUT2D eigenvalue weighted by Gasteiger charge is -2.43. The molecule has 3 unspecified atom stereocenters. The molecule has 40 heavy (non-hydrogen) atoms. The van der Waals surface area contributed by atoms with Crippen molar-refractivity contribution in [1.29, 1.82) is 0 Å². The van der Waals surface area contributed by atoms with Crippen LogP contribution in [0.3, 0.4) is 0 Å². The zero-order chi connectivity index (χ0) is 29.4. The number of methoxy groups -OCH3 is 1. The number of benzene rings is 2.